The van der Waals surface area contributed by atoms with Crippen molar-refractivity contribution in [2.75, 3.05) is 11.9 Å². The van der Waals surface area contributed by atoms with Crippen LogP contribution in [-0.2, 0) is 22.5 Å². The molecule has 1 fully saturated rings. The molecular formula is C30H28N4O4S. The smallest absolute Gasteiger partial charge is 0.411 e. The van der Waals surface area contributed by atoms with Crippen molar-refractivity contribution in [2.24, 2.45) is 0 Å². The van der Waals surface area contributed by atoms with E-state index in [4.69, 9.17) is 4.74 Å². The van der Waals surface area contributed by atoms with Crippen molar-refractivity contribution in [2.45, 2.75) is 32.0 Å². The normalized spacial score (nSPS) is 16.5. The molecule has 2 atom stereocenters. The zero-order valence-electron chi connectivity index (χ0n) is 21.4. The van der Waals surface area contributed by atoms with Crippen molar-refractivity contribution in [3.05, 3.63) is 118 Å². The molecule has 0 bridgehead atoms. The summed E-state index contributed by atoms with van der Waals surface area (Å²) in [5.74, 6) is -0.496. The zero-order valence-corrected chi connectivity index (χ0v) is 22.2. The molecule has 2 aromatic carbocycles. The number of hydrogen-bond donors (Lipinski definition) is 2. The van der Waals surface area contributed by atoms with Gasteiger partial charge in [0.15, 0.2) is 12.1 Å². The van der Waals surface area contributed by atoms with Gasteiger partial charge in [-0.15, -0.1) is 11.3 Å². The Morgan fingerprint density at radius 3 is 2.59 bits per heavy atom. The average molecular weight is 541 g/mol. The molecule has 1 saturated heterocycles. The highest BCUT2D eigenvalue weighted by Gasteiger charge is 2.46. The van der Waals surface area contributed by atoms with Crippen LogP contribution < -0.4 is 10.6 Å². The molecule has 8 nitrogen and oxygen atoms in total. The second-order valence-electron chi connectivity index (χ2n) is 9.28. The summed E-state index contributed by atoms with van der Waals surface area (Å²) in [6.45, 7) is 2.60. The lowest BCUT2D eigenvalue weighted by molar-refractivity contribution is -0.126. The highest BCUT2D eigenvalue weighted by atomic mass is 32.1. The van der Waals surface area contributed by atoms with E-state index >= 15 is 0 Å². The minimum atomic E-state index is -0.867. The number of carbonyl (C=O) groups excluding carboxylic acids is 3. The summed E-state index contributed by atoms with van der Waals surface area (Å²) in [6, 6.07) is 23.2. The molecule has 0 radical (unpaired) electrons. The highest BCUT2D eigenvalue weighted by Crippen LogP contribution is 2.34. The van der Waals surface area contributed by atoms with Crippen molar-refractivity contribution in [1.82, 2.24) is 15.2 Å². The predicted octanol–water partition coefficient (Wildman–Crippen LogP) is 5.12. The number of rotatable bonds is 9. The van der Waals surface area contributed by atoms with Crippen LogP contribution in [0.2, 0.25) is 0 Å². The van der Waals surface area contributed by atoms with Gasteiger partial charge in [-0.25, -0.2) is 4.79 Å². The van der Waals surface area contributed by atoms with E-state index < -0.39 is 18.2 Å². The molecule has 2 N–H and O–H groups in total. The SMILES string of the molecule is Cc1cccc(CN2C(=O)O[C@@H](c3ccc(NC(=O)c4cccs4)cc3)[C@@H]2C(=O)NCCc2ccccn2)c1. The van der Waals surface area contributed by atoms with Gasteiger partial charge in [0.1, 0.15) is 0 Å². The maximum atomic E-state index is 13.5. The zero-order chi connectivity index (χ0) is 27.2. The summed E-state index contributed by atoms with van der Waals surface area (Å²) >= 11 is 1.36. The van der Waals surface area contributed by atoms with Crippen LogP contribution in [0.15, 0.2) is 90.4 Å². The molecule has 5 rings (SSSR count). The van der Waals surface area contributed by atoms with Crippen LogP contribution in [0.1, 0.15) is 38.2 Å². The summed E-state index contributed by atoms with van der Waals surface area (Å²) in [5.41, 5.74) is 4.10. The molecule has 0 saturated carbocycles. The number of carbonyl (C=O) groups is 3. The number of hydrogen-bond acceptors (Lipinski definition) is 6. The average Bonchev–Trinajstić information content (AvgIpc) is 3.59. The quantitative estimate of drug-likeness (QED) is 0.307. The molecule has 3 heterocycles. The molecule has 3 amide bonds. The molecule has 4 aromatic rings. The van der Waals surface area contributed by atoms with Crippen LogP contribution in [0.5, 0.6) is 0 Å². The Bertz CT molecular complexity index is 1440. The molecule has 0 spiro atoms. The first-order valence-corrected chi connectivity index (χ1v) is 13.5. The number of cyclic esters (lactones) is 1. The number of aromatic nitrogens is 1. The van der Waals surface area contributed by atoms with E-state index in [0.29, 0.717) is 29.1 Å². The van der Waals surface area contributed by atoms with Crippen molar-refractivity contribution < 1.29 is 19.1 Å². The van der Waals surface area contributed by atoms with E-state index in [9.17, 15) is 14.4 Å². The summed E-state index contributed by atoms with van der Waals surface area (Å²) in [4.78, 5) is 45.4. The number of pyridine rings is 1. The van der Waals surface area contributed by atoms with E-state index in [1.54, 1.807) is 36.5 Å². The third-order valence-electron chi connectivity index (χ3n) is 6.44. The molecular weight excluding hydrogens is 512 g/mol. The summed E-state index contributed by atoms with van der Waals surface area (Å²) in [7, 11) is 0. The fourth-order valence-corrected chi connectivity index (χ4v) is 5.16. The highest BCUT2D eigenvalue weighted by molar-refractivity contribution is 7.12. The Labute approximate surface area is 230 Å². The van der Waals surface area contributed by atoms with Crippen molar-refractivity contribution in [3.63, 3.8) is 0 Å². The largest absolute Gasteiger partial charge is 0.438 e. The molecule has 1 aliphatic heterocycles. The second-order valence-corrected chi connectivity index (χ2v) is 10.2. The predicted molar refractivity (Wildman–Crippen MR) is 149 cm³/mol. The molecule has 2 aromatic heterocycles. The number of benzene rings is 2. The van der Waals surface area contributed by atoms with Gasteiger partial charge in [0.2, 0.25) is 5.91 Å². The Morgan fingerprint density at radius 2 is 1.87 bits per heavy atom. The van der Waals surface area contributed by atoms with Gasteiger partial charge in [-0.2, -0.15) is 0 Å². The van der Waals surface area contributed by atoms with Gasteiger partial charge in [-0.1, -0.05) is 54.1 Å². The fraction of sp³-hybridized carbons (Fsp3) is 0.200. The number of aryl methyl sites for hydroxylation is 1. The molecule has 1 aliphatic rings. The summed E-state index contributed by atoms with van der Waals surface area (Å²) in [5, 5.41) is 7.67. The van der Waals surface area contributed by atoms with Gasteiger partial charge >= 0.3 is 6.09 Å². The molecule has 0 unspecified atom stereocenters. The van der Waals surface area contributed by atoms with Gasteiger partial charge in [0.05, 0.1) is 11.4 Å². The lowest BCUT2D eigenvalue weighted by Crippen LogP contribution is -2.46. The van der Waals surface area contributed by atoms with Crippen LogP contribution in [0.3, 0.4) is 0 Å². The Kier molecular flexibility index (Phi) is 7.98. The minimum Gasteiger partial charge on any atom is -0.438 e. The number of ether oxygens (including phenoxy) is 1. The van der Waals surface area contributed by atoms with Crippen LogP contribution in [0, 0.1) is 6.92 Å². The second kappa shape index (κ2) is 11.9. The van der Waals surface area contributed by atoms with Gasteiger partial charge < -0.3 is 15.4 Å². The monoisotopic (exact) mass is 540 g/mol. The minimum absolute atomic E-state index is 0.195. The van der Waals surface area contributed by atoms with Crippen molar-refractivity contribution >= 4 is 34.9 Å². The van der Waals surface area contributed by atoms with E-state index in [1.807, 2.05) is 60.8 Å². The van der Waals surface area contributed by atoms with Crippen molar-refractivity contribution in [1.29, 1.82) is 0 Å². The standard InChI is InChI=1S/C30H28N4O4S/c1-20-6-4-7-21(18-20)19-34-26(29(36)32-16-14-23-8-2-3-15-31-23)27(38-30(34)37)22-10-12-24(13-11-22)33-28(35)25-9-5-17-39-25/h2-13,15,17-18,26-27H,14,16,19H2,1H3,(H,32,36)(H,33,35)/t26-,27+/m1/s1. The third kappa shape index (κ3) is 6.32. The molecule has 9 heteroatoms. The summed E-state index contributed by atoms with van der Waals surface area (Å²) in [6.07, 6.45) is 0.919. The van der Waals surface area contributed by atoms with Crippen LogP contribution >= 0.6 is 11.3 Å². The lowest BCUT2D eigenvalue weighted by Gasteiger charge is -2.24. The van der Waals surface area contributed by atoms with E-state index in [1.165, 1.54) is 16.2 Å². The van der Waals surface area contributed by atoms with Gasteiger partial charge in [-0.05, 0) is 53.8 Å². The lowest BCUT2D eigenvalue weighted by atomic mass is 10.00. The number of nitrogens with one attached hydrogen (secondary N) is 2. The third-order valence-corrected chi connectivity index (χ3v) is 7.31. The first-order chi connectivity index (χ1) is 19.0. The first kappa shape index (κ1) is 26.1. The number of thiophene rings is 1. The number of amides is 3. The fourth-order valence-electron chi connectivity index (χ4n) is 4.54. The number of anilines is 1. The van der Waals surface area contributed by atoms with E-state index in [0.717, 1.165) is 16.8 Å². The Balaban J connectivity index is 1.34. The van der Waals surface area contributed by atoms with Crippen LogP contribution in [-0.4, -0.2) is 40.4 Å². The van der Waals surface area contributed by atoms with E-state index in [2.05, 4.69) is 15.6 Å². The maximum absolute atomic E-state index is 13.5. The Morgan fingerprint density at radius 1 is 1.03 bits per heavy atom. The topological polar surface area (TPSA) is 101 Å². The van der Waals surface area contributed by atoms with Gasteiger partial charge in [0, 0.05) is 30.5 Å². The maximum Gasteiger partial charge on any atom is 0.411 e. The molecule has 198 valence electrons. The summed E-state index contributed by atoms with van der Waals surface area (Å²) < 4.78 is 5.77. The van der Waals surface area contributed by atoms with Crippen molar-refractivity contribution in [3.8, 4) is 0 Å². The van der Waals surface area contributed by atoms with E-state index in [-0.39, 0.29) is 18.4 Å². The number of nitrogens with zero attached hydrogens (tertiary/aromatic N) is 2. The van der Waals surface area contributed by atoms with Gasteiger partial charge in [-0.3, -0.25) is 19.5 Å². The van der Waals surface area contributed by atoms with Crippen LogP contribution in [0.25, 0.3) is 0 Å². The molecule has 0 aliphatic carbocycles. The Hall–Kier alpha value is -4.50. The first-order valence-electron chi connectivity index (χ1n) is 12.6. The van der Waals surface area contributed by atoms with Crippen LogP contribution in [0.4, 0.5) is 10.5 Å². The molecule has 39 heavy (non-hydrogen) atoms. The van der Waals surface area contributed by atoms with Gasteiger partial charge in [0.25, 0.3) is 5.91 Å².